The van der Waals surface area contributed by atoms with Crippen LogP contribution in [0.5, 0.6) is 0 Å². The molecule has 1 aromatic rings. The standard InChI is InChI=1S/C20H21ClN2O6/c1-11-14(19(26)29-9-5-8-22)15(12-6-4-7-13(21)10-12)16(18(24)25)17(23-11)20(27-2)28-3/h4,6-7,10,15,20,23H,5,9H2,1-3H3,(H,24,25). The van der Waals surface area contributed by atoms with Crippen molar-refractivity contribution in [3.05, 3.63) is 57.4 Å². The molecule has 0 saturated heterocycles. The van der Waals surface area contributed by atoms with Crippen LogP contribution in [0.25, 0.3) is 0 Å². The van der Waals surface area contributed by atoms with Crippen LogP contribution in [0, 0.1) is 11.3 Å². The molecule has 0 radical (unpaired) electrons. The minimum absolute atomic E-state index is 0.0234. The van der Waals surface area contributed by atoms with Gasteiger partial charge >= 0.3 is 11.9 Å². The number of dihydropyridines is 1. The number of nitrogens with one attached hydrogen (secondary N) is 1. The van der Waals surface area contributed by atoms with E-state index in [4.69, 9.17) is 31.1 Å². The van der Waals surface area contributed by atoms with E-state index in [0.29, 0.717) is 16.3 Å². The van der Waals surface area contributed by atoms with Gasteiger partial charge in [-0.05, 0) is 24.6 Å². The first-order chi connectivity index (χ1) is 13.8. The average Bonchev–Trinajstić information content (AvgIpc) is 2.68. The van der Waals surface area contributed by atoms with Crippen molar-refractivity contribution in [1.82, 2.24) is 5.32 Å². The molecule has 1 aliphatic heterocycles. The maximum atomic E-state index is 12.8. The Labute approximate surface area is 173 Å². The molecule has 2 N–H and O–H groups in total. The summed E-state index contributed by atoms with van der Waals surface area (Å²) in [5.41, 5.74) is 1.03. The van der Waals surface area contributed by atoms with Crippen LogP contribution in [0.3, 0.4) is 0 Å². The summed E-state index contributed by atoms with van der Waals surface area (Å²) in [4.78, 5) is 25.0. The number of hydrogen-bond donors (Lipinski definition) is 2. The van der Waals surface area contributed by atoms with E-state index in [9.17, 15) is 14.7 Å². The Balaban J connectivity index is 2.67. The lowest BCUT2D eigenvalue weighted by Gasteiger charge is -2.33. The van der Waals surface area contributed by atoms with Gasteiger partial charge in [0.15, 0.2) is 6.29 Å². The van der Waals surface area contributed by atoms with Gasteiger partial charge in [-0.25, -0.2) is 9.59 Å². The van der Waals surface area contributed by atoms with E-state index in [-0.39, 0.29) is 29.9 Å². The Bertz CT molecular complexity index is 898. The predicted molar refractivity (Wildman–Crippen MR) is 104 cm³/mol. The third kappa shape index (κ3) is 4.95. The van der Waals surface area contributed by atoms with E-state index >= 15 is 0 Å². The van der Waals surface area contributed by atoms with Crippen molar-refractivity contribution in [3.8, 4) is 6.07 Å². The van der Waals surface area contributed by atoms with Gasteiger partial charge in [0.25, 0.3) is 0 Å². The van der Waals surface area contributed by atoms with Crippen molar-refractivity contribution in [2.75, 3.05) is 20.8 Å². The number of carboxylic acid groups (broad SMARTS) is 1. The zero-order valence-corrected chi connectivity index (χ0v) is 16.9. The van der Waals surface area contributed by atoms with Crippen LogP contribution in [0.4, 0.5) is 0 Å². The van der Waals surface area contributed by atoms with Gasteiger partial charge in [0.2, 0.25) is 0 Å². The zero-order valence-electron chi connectivity index (χ0n) is 16.2. The summed E-state index contributed by atoms with van der Waals surface area (Å²) in [6.07, 6.45) is -0.968. The summed E-state index contributed by atoms with van der Waals surface area (Å²) < 4.78 is 15.7. The molecule has 1 unspecified atom stereocenters. The number of benzene rings is 1. The lowest BCUT2D eigenvalue weighted by molar-refractivity contribution is -0.139. The molecular formula is C20H21ClN2O6. The summed E-state index contributed by atoms with van der Waals surface area (Å²) >= 11 is 6.11. The normalized spacial score (nSPS) is 16.5. The largest absolute Gasteiger partial charge is 0.478 e. The fourth-order valence-electron chi connectivity index (χ4n) is 3.17. The second-order valence-corrected chi connectivity index (χ2v) is 6.57. The summed E-state index contributed by atoms with van der Waals surface area (Å²) in [6, 6.07) is 8.46. The summed E-state index contributed by atoms with van der Waals surface area (Å²) in [5.74, 6) is -2.96. The number of rotatable bonds is 8. The maximum Gasteiger partial charge on any atom is 0.336 e. The molecule has 0 amide bonds. The number of halogens is 1. The molecule has 29 heavy (non-hydrogen) atoms. The molecule has 0 fully saturated rings. The fraction of sp³-hybridized carbons (Fsp3) is 0.350. The average molecular weight is 421 g/mol. The lowest BCUT2D eigenvalue weighted by Crippen LogP contribution is -2.38. The molecule has 0 saturated carbocycles. The number of nitriles is 1. The van der Waals surface area contributed by atoms with Crippen molar-refractivity contribution < 1.29 is 28.9 Å². The Morgan fingerprint density at radius 3 is 2.55 bits per heavy atom. The van der Waals surface area contributed by atoms with Crippen molar-refractivity contribution >= 4 is 23.5 Å². The molecular weight excluding hydrogens is 400 g/mol. The monoisotopic (exact) mass is 420 g/mol. The number of methoxy groups -OCH3 is 2. The first-order valence-corrected chi connectivity index (χ1v) is 9.03. The fourth-order valence-corrected chi connectivity index (χ4v) is 3.37. The van der Waals surface area contributed by atoms with Crippen molar-refractivity contribution in [3.63, 3.8) is 0 Å². The van der Waals surface area contributed by atoms with Gasteiger partial charge in [0, 0.05) is 24.9 Å². The third-order valence-corrected chi connectivity index (χ3v) is 4.57. The second-order valence-electron chi connectivity index (χ2n) is 6.13. The Morgan fingerprint density at radius 2 is 2.00 bits per heavy atom. The molecule has 2 rings (SSSR count). The molecule has 0 aliphatic carbocycles. The number of ether oxygens (including phenoxy) is 3. The van der Waals surface area contributed by atoms with Crippen LogP contribution in [0.2, 0.25) is 5.02 Å². The van der Waals surface area contributed by atoms with Gasteiger partial charge in [0.1, 0.15) is 6.61 Å². The van der Waals surface area contributed by atoms with E-state index in [1.54, 1.807) is 31.2 Å². The molecule has 154 valence electrons. The highest BCUT2D eigenvalue weighted by atomic mass is 35.5. The number of carboxylic acids is 1. The lowest BCUT2D eigenvalue weighted by atomic mass is 9.80. The van der Waals surface area contributed by atoms with Crippen molar-refractivity contribution in [1.29, 1.82) is 5.26 Å². The highest BCUT2D eigenvalue weighted by Crippen LogP contribution is 2.40. The Morgan fingerprint density at radius 1 is 1.31 bits per heavy atom. The first-order valence-electron chi connectivity index (χ1n) is 8.65. The maximum absolute atomic E-state index is 12.8. The Kier molecular flexibility index (Phi) is 7.79. The number of allylic oxidation sites excluding steroid dienone is 1. The van der Waals surface area contributed by atoms with Crippen molar-refractivity contribution in [2.24, 2.45) is 0 Å². The van der Waals surface area contributed by atoms with Crippen molar-refractivity contribution in [2.45, 2.75) is 25.6 Å². The van der Waals surface area contributed by atoms with Crippen LogP contribution in [0.15, 0.2) is 46.8 Å². The SMILES string of the molecule is COC(OC)C1=C(C(=O)O)C(c2cccc(Cl)c2)C(C(=O)OCCC#N)=C(C)N1. The van der Waals surface area contributed by atoms with Gasteiger partial charge in [-0.1, -0.05) is 23.7 Å². The minimum Gasteiger partial charge on any atom is -0.478 e. The molecule has 1 heterocycles. The molecule has 9 heteroatoms. The summed E-state index contributed by atoms with van der Waals surface area (Å²) in [5, 5.41) is 22.0. The predicted octanol–water partition coefficient (Wildman–Crippen LogP) is 2.72. The van der Waals surface area contributed by atoms with E-state index in [0.717, 1.165) is 0 Å². The highest BCUT2D eigenvalue weighted by molar-refractivity contribution is 6.30. The topological polar surface area (TPSA) is 118 Å². The molecule has 1 aliphatic rings. The Hall–Kier alpha value is -2.86. The van der Waals surface area contributed by atoms with E-state index in [2.05, 4.69) is 5.32 Å². The first kappa shape index (κ1) is 22.4. The van der Waals surface area contributed by atoms with E-state index in [1.807, 2.05) is 6.07 Å². The van der Waals surface area contributed by atoms with E-state index in [1.165, 1.54) is 14.2 Å². The molecule has 8 nitrogen and oxygen atoms in total. The minimum atomic E-state index is -1.26. The number of aliphatic carboxylic acids is 1. The summed E-state index contributed by atoms with van der Waals surface area (Å²) in [7, 11) is 2.75. The van der Waals surface area contributed by atoms with Gasteiger partial charge < -0.3 is 24.6 Å². The quantitative estimate of drug-likeness (QED) is 0.374. The molecule has 0 spiro atoms. The molecule has 0 bridgehead atoms. The van der Waals surface area contributed by atoms with Gasteiger partial charge in [0.05, 0.1) is 35.3 Å². The highest BCUT2D eigenvalue weighted by Gasteiger charge is 2.40. The van der Waals surface area contributed by atoms with Crippen LogP contribution >= 0.6 is 11.6 Å². The smallest absolute Gasteiger partial charge is 0.336 e. The van der Waals surface area contributed by atoms with Gasteiger partial charge in [-0.3, -0.25) is 0 Å². The number of esters is 1. The van der Waals surface area contributed by atoms with E-state index < -0.39 is 24.1 Å². The third-order valence-electron chi connectivity index (χ3n) is 4.34. The number of carbonyl (C=O) groups is 2. The molecule has 0 aromatic heterocycles. The van der Waals surface area contributed by atoms with Crippen LogP contribution in [-0.4, -0.2) is 44.2 Å². The molecule has 1 aromatic carbocycles. The van der Waals surface area contributed by atoms with Gasteiger partial charge in [-0.2, -0.15) is 5.26 Å². The summed E-state index contributed by atoms with van der Waals surface area (Å²) in [6.45, 7) is 1.52. The van der Waals surface area contributed by atoms with Gasteiger partial charge in [-0.15, -0.1) is 0 Å². The van der Waals surface area contributed by atoms with Crippen LogP contribution in [0.1, 0.15) is 24.8 Å². The zero-order chi connectivity index (χ0) is 21.6. The number of nitrogens with zero attached hydrogens (tertiary/aromatic N) is 1. The van der Waals surface area contributed by atoms with Crippen LogP contribution in [-0.2, 0) is 23.8 Å². The number of hydrogen-bond acceptors (Lipinski definition) is 7. The second kappa shape index (κ2) is 10.1. The molecule has 1 atom stereocenters. The number of carbonyl (C=O) groups excluding carboxylic acids is 1. The van der Waals surface area contributed by atoms with Crippen LogP contribution < -0.4 is 5.32 Å².